The number of aromatic nitrogens is 2. The number of hydrazone groups is 1. The number of aliphatic imine (C=N–C) groups is 1. The summed E-state index contributed by atoms with van der Waals surface area (Å²) in [6.07, 6.45) is 2.90. The summed E-state index contributed by atoms with van der Waals surface area (Å²) >= 11 is 0.990. The molecule has 2 heterocycles. The third-order valence-corrected chi connectivity index (χ3v) is 7.30. The van der Waals surface area contributed by atoms with Crippen molar-refractivity contribution in [3.63, 3.8) is 0 Å². The molecule has 13 nitrogen and oxygen atoms in total. The van der Waals surface area contributed by atoms with Crippen molar-refractivity contribution >= 4 is 52.2 Å². The van der Waals surface area contributed by atoms with Crippen LogP contribution >= 0.6 is 11.8 Å². The Morgan fingerprint density at radius 2 is 1.40 bits per heavy atom. The van der Waals surface area contributed by atoms with Crippen LogP contribution in [0.4, 0.5) is 17.1 Å². The van der Waals surface area contributed by atoms with Crippen molar-refractivity contribution in [1.82, 2.24) is 14.4 Å². The van der Waals surface area contributed by atoms with E-state index >= 15 is 0 Å². The van der Waals surface area contributed by atoms with Gasteiger partial charge in [0.1, 0.15) is 0 Å². The minimum Gasteiger partial charge on any atom is -0.283 e. The number of carbonyl (C=O) groups is 1. The molecular weight excluding hydrogens is 562 g/mol. The lowest BCUT2D eigenvalue weighted by Crippen LogP contribution is -2.24. The summed E-state index contributed by atoms with van der Waals surface area (Å²) in [5.41, 5.74) is 1.76. The molecule has 0 aliphatic carbocycles. The van der Waals surface area contributed by atoms with Crippen LogP contribution < -0.4 is 5.56 Å². The fraction of sp³-hybridized carbons (Fsp3) is 0.0714. The average molecular weight is 584 g/mol. The van der Waals surface area contributed by atoms with Crippen LogP contribution in [0.5, 0.6) is 0 Å². The maximum atomic E-state index is 13.5. The molecule has 1 aliphatic rings. The zero-order valence-electron chi connectivity index (χ0n) is 22.1. The molecule has 1 saturated heterocycles. The summed E-state index contributed by atoms with van der Waals surface area (Å²) in [5.74, 6) is -0.535. The molecule has 14 heteroatoms. The first-order valence-electron chi connectivity index (χ1n) is 12.3. The predicted molar refractivity (Wildman–Crippen MR) is 159 cm³/mol. The van der Waals surface area contributed by atoms with Gasteiger partial charge in [0.2, 0.25) is 0 Å². The molecule has 0 N–H and O–H groups in total. The topological polar surface area (TPSA) is 158 Å². The Balaban J connectivity index is 1.56. The third kappa shape index (κ3) is 5.51. The van der Waals surface area contributed by atoms with E-state index in [1.54, 1.807) is 36.9 Å². The van der Waals surface area contributed by atoms with Crippen molar-refractivity contribution in [3.8, 4) is 5.69 Å². The van der Waals surface area contributed by atoms with Crippen LogP contribution in [0.15, 0.2) is 98.7 Å². The first-order chi connectivity index (χ1) is 20.1. The van der Waals surface area contributed by atoms with E-state index in [1.807, 2.05) is 18.2 Å². The van der Waals surface area contributed by atoms with Crippen LogP contribution in [-0.4, -0.2) is 41.5 Å². The molecule has 0 radical (unpaired) electrons. The minimum atomic E-state index is -0.535. The summed E-state index contributed by atoms with van der Waals surface area (Å²) < 4.78 is 3.13. The van der Waals surface area contributed by atoms with Gasteiger partial charge in [-0.3, -0.25) is 34.5 Å². The van der Waals surface area contributed by atoms with Gasteiger partial charge in [-0.25, -0.2) is 9.67 Å². The number of non-ortho nitro benzene ring substituents is 2. The number of carbonyl (C=O) groups excluding carboxylic acids is 1. The Morgan fingerprint density at radius 1 is 0.833 bits per heavy atom. The zero-order valence-corrected chi connectivity index (χ0v) is 23.0. The van der Waals surface area contributed by atoms with E-state index in [4.69, 9.17) is 0 Å². The largest absolute Gasteiger partial charge is 0.297 e. The van der Waals surface area contributed by atoms with Crippen LogP contribution in [0, 0.1) is 27.2 Å². The smallest absolute Gasteiger partial charge is 0.283 e. The van der Waals surface area contributed by atoms with Gasteiger partial charge in [0.15, 0.2) is 10.9 Å². The summed E-state index contributed by atoms with van der Waals surface area (Å²) in [6, 6.07) is 20.3. The van der Waals surface area contributed by atoms with Gasteiger partial charge in [-0.05, 0) is 72.3 Å². The summed E-state index contributed by atoms with van der Waals surface area (Å²) in [5, 5.41) is 27.4. The molecule has 3 aromatic carbocycles. The van der Waals surface area contributed by atoms with Crippen LogP contribution in [0.2, 0.25) is 0 Å². The SMILES string of the molecule is Cc1c(N=C2S/C(=C\c3ccc([N+](=O)[O-])cc3)C(=O)N2/N=C\c2ccc([N+](=O)[O-])cc2)c(=O)n(-c2ccccc2)n1C. The molecule has 0 saturated carbocycles. The highest BCUT2D eigenvalue weighted by Gasteiger charge is 2.34. The highest BCUT2D eigenvalue weighted by molar-refractivity contribution is 8.18. The number of rotatable bonds is 7. The number of para-hydroxylation sites is 1. The molecular formula is C28H21N7O6S. The van der Waals surface area contributed by atoms with Crippen LogP contribution in [-0.2, 0) is 11.8 Å². The maximum Gasteiger partial charge on any atom is 0.297 e. The second-order valence-corrected chi connectivity index (χ2v) is 9.98. The van der Waals surface area contributed by atoms with Gasteiger partial charge in [-0.2, -0.15) is 10.1 Å². The van der Waals surface area contributed by atoms with Crippen molar-refractivity contribution in [2.45, 2.75) is 6.92 Å². The van der Waals surface area contributed by atoms with Gasteiger partial charge in [0, 0.05) is 31.3 Å². The summed E-state index contributed by atoms with van der Waals surface area (Å²) in [7, 11) is 1.73. The van der Waals surface area contributed by atoms with E-state index in [2.05, 4.69) is 10.1 Å². The number of hydrogen-bond donors (Lipinski definition) is 0. The van der Waals surface area contributed by atoms with Gasteiger partial charge in [-0.1, -0.05) is 18.2 Å². The van der Waals surface area contributed by atoms with E-state index in [0.29, 0.717) is 22.5 Å². The highest BCUT2D eigenvalue weighted by Crippen LogP contribution is 2.35. The maximum absolute atomic E-state index is 13.5. The van der Waals surface area contributed by atoms with Crippen molar-refractivity contribution < 1.29 is 14.6 Å². The van der Waals surface area contributed by atoms with Crippen LogP contribution in [0.1, 0.15) is 16.8 Å². The monoisotopic (exact) mass is 583 g/mol. The first-order valence-corrected chi connectivity index (χ1v) is 13.2. The zero-order chi connectivity index (χ0) is 30.0. The van der Waals surface area contributed by atoms with Crippen LogP contribution in [0.3, 0.4) is 0 Å². The van der Waals surface area contributed by atoms with Crippen molar-refractivity contribution in [3.05, 3.63) is 131 Å². The van der Waals surface area contributed by atoms with E-state index in [-0.39, 0.29) is 27.1 Å². The Morgan fingerprint density at radius 3 is 1.98 bits per heavy atom. The molecule has 1 aliphatic heterocycles. The van der Waals surface area contributed by atoms with Gasteiger partial charge in [0.05, 0.1) is 32.3 Å². The number of nitro benzene ring substituents is 2. The Kier molecular flexibility index (Phi) is 7.62. The van der Waals surface area contributed by atoms with Crippen molar-refractivity contribution in [2.24, 2.45) is 17.1 Å². The van der Waals surface area contributed by atoms with E-state index in [1.165, 1.54) is 59.4 Å². The third-order valence-electron chi connectivity index (χ3n) is 6.34. The Labute approximate surface area is 242 Å². The van der Waals surface area contributed by atoms with E-state index in [9.17, 15) is 29.8 Å². The second kappa shape index (κ2) is 11.5. The average Bonchev–Trinajstić information content (AvgIpc) is 3.39. The van der Waals surface area contributed by atoms with E-state index < -0.39 is 21.3 Å². The number of thioether (sulfide) groups is 1. The molecule has 42 heavy (non-hydrogen) atoms. The summed E-state index contributed by atoms with van der Waals surface area (Å²) in [6.45, 7) is 1.74. The molecule has 0 spiro atoms. The second-order valence-electron chi connectivity index (χ2n) is 8.97. The standard InChI is InChI=1S/C28H21N7O6S/c1-18-25(27(37)33(31(18)2)21-6-4-3-5-7-21)30-28-32(29-17-20-10-14-23(15-11-20)35(40)41)26(36)24(42-28)16-19-8-12-22(13-9-19)34(38)39/h3-17H,1-2H3/b24-16-,29-17-,30-28?. The Bertz CT molecular complexity index is 1860. The molecule has 1 fully saturated rings. The molecule has 1 amide bonds. The number of amidine groups is 1. The van der Waals surface area contributed by atoms with E-state index in [0.717, 1.165) is 16.8 Å². The molecule has 210 valence electrons. The van der Waals surface area contributed by atoms with Gasteiger partial charge in [0.25, 0.3) is 22.8 Å². The Hall–Kier alpha value is -5.63. The minimum absolute atomic E-state index is 0.0895. The van der Waals surface area contributed by atoms with Crippen molar-refractivity contribution in [2.75, 3.05) is 0 Å². The summed E-state index contributed by atoms with van der Waals surface area (Å²) in [4.78, 5) is 52.7. The molecule has 4 aromatic rings. The molecule has 0 atom stereocenters. The van der Waals surface area contributed by atoms with Crippen LogP contribution in [0.25, 0.3) is 11.8 Å². The molecule has 0 bridgehead atoms. The predicted octanol–water partition coefficient (Wildman–Crippen LogP) is 4.94. The number of nitrogens with zero attached hydrogens (tertiary/aromatic N) is 7. The lowest BCUT2D eigenvalue weighted by Gasteiger charge is -2.08. The van der Waals surface area contributed by atoms with Crippen molar-refractivity contribution in [1.29, 1.82) is 0 Å². The number of hydrogen-bond acceptors (Lipinski definition) is 9. The number of nitro groups is 2. The molecule has 0 unspecified atom stereocenters. The fourth-order valence-corrected chi connectivity index (χ4v) is 4.99. The molecule has 5 rings (SSSR count). The fourth-order valence-electron chi connectivity index (χ4n) is 4.07. The highest BCUT2D eigenvalue weighted by atomic mass is 32.2. The van der Waals surface area contributed by atoms with Gasteiger partial charge >= 0.3 is 0 Å². The first kappa shape index (κ1) is 27.9. The lowest BCUT2D eigenvalue weighted by atomic mass is 10.2. The normalized spacial score (nSPS) is 15.3. The van der Waals surface area contributed by atoms with Gasteiger partial charge in [-0.15, -0.1) is 0 Å². The quantitative estimate of drug-likeness (QED) is 0.129. The number of benzene rings is 3. The van der Waals surface area contributed by atoms with Gasteiger partial charge < -0.3 is 0 Å². The molecule has 1 aromatic heterocycles. The number of amides is 1. The lowest BCUT2D eigenvalue weighted by molar-refractivity contribution is -0.385.